The van der Waals surface area contributed by atoms with Gasteiger partial charge in [-0.25, -0.2) is 4.79 Å². The number of hydrogen-bond acceptors (Lipinski definition) is 4. The molecule has 21 heavy (non-hydrogen) atoms. The van der Waals surface area contributed by atoms with E-state index in [-0.39, 0.29) is 22.6 Å². The zero-order valence-electron chi connectivity index (χ0n) is 11.6. The molecule has 1 unspecified atom stereocenters. The first-order valence-corrected chi connectivity index (χ1v) is 8.08. The summed E-state index contributed by atoms with van der Waals surface area (Å²) in [7, 11) is -1.19. The van der Waals surface area contributed by atoms with E-state index in [0.29, 0.717) is 5.69 Å². The Bertz CT molecular complexity index is 680. The Morgan fingerprint density at radius 3 is 2.67 bits per heavy atom. The maximum absolute atomic E-state index is 11.7. The van der Waals surface area contributed by atoms with Crippen LogP contribution in [0, 0.1) is 6.92 Å². The van der Waals surface area contributed by atoms with E-state index >= 15 is 0 Å². The maximum atomic E-state index is 11.7. The van der Waals surface area contributed by atoms with Crippen LogP contribution in [0.1, 0.15) is 18.2 Å². The summed E-state index contributed by atoms with van der Waals surface area (Å²) in [5.74, 6) is -0.180. The van der Waals surface area contributed by atoms with Gasteiger partial charge in [-0.05, 0) is 19.9 Å². The standard InChI is InChI=1S/C12H16ClN3O4S/c1-7(5-21(20)6-13)14-10(17)4-3-9-8(2)15-12(19)16-11(9)18/h3-4,7H,5-6H2,1-2H3,(H,14,17)(H2,15,16,18,19)/b4-3+/t7-,21?/m0/s1. The van der Waals surface area contributed by atoms with Crippen LogP contribution < -0.4 is 16.6 Å². The Hall–Kier alpha value is -1.67. The average molecular weight is 334 g/mol. The number of halogens is 1. The van der Waals surface area contributed by atoms with Crippen LogP contribution in [0.5, 0.6) is 0 Å². The second kappa shape index (κ2) is 7.94. The molecule has 0 bridgehead atoms. The number of aromatic amines is 2. The van der Waals surface area contributed by atoms with E-state index in [1.54, 1.807) is 13.8 Å². The highest BCUT2D eigenvalue weighted by Gasteiger charge is 2.09. The summed E-state index contributed by atoms with van der Waals surface area (Å²) in [5, 5.41) is 2.62. The Morgan fingerprint density at radius 2 is 2.10 bits per heavy atom. The largest absolute Gasteiger partial charge is 0.349 e. The van der Waals surface area contributed by atoms with E-state index < -0.39 is 28.0 Å². The zero-order valence-corrected chi connectivity index (χ0v) is 13.1. The van der Waals surface area contributed by atoms with E-state index in [0.717, 1.165) is 0 Å². The first-order chi connectivity index (χ1) is 9.83. The minimum atomic E-state index is -1.19. The number of alkyl halides is 1. The summed E-state index contributed by atoms with van der Waals surface area (Å²) in [6.07, 6.45) is 2.49. The molecule has 0 aliphatic carbocycles. The van der Waals surface area contributed by atoms with Crippen molar-refractivity contribution >= 4 is 34.4 Å². The fourth-order valence-corrected chi connectivity index (χ4v) is 2.62. The molecule has 0 radical (unpaired) electrons. The zero-order chi connectivity index (χ0) is 16.0. The number of carbonyl (C=O) groups excluding carboxylic acids is 1. The molecule has 0 saturated carbocycles. The van der Waals surface area contributed by atoms with Gasteiger partial charge in [0, 0.05) is 34.4 Å². The molecule has 1 heterocycles. The van der Waals surface area contributed by atoms with Gasteiger partial charge in [-0.1, -0.05) is 0 Å². The molecular formula is C12H16ClN3O4S. The van der Waals surface area contributed by atoms with Gasteiger partial charge in [0.1, 0.15) is 0 Å². The predicted molar refractivity (Wildman–Crippen MR) is 82.8 cm³/mol. The lowest BCUT2D eigenvalue weighted by Gasteiger charge is -2.10. The second-order valence-corrected chi connectivity index (χ2v) is 6.49. The third kappa shape index (κ3) is 5.68. The Morgan fingerprint density at radius 1 is 1.43 bits per heavy atom. The molecule has 1 amide bonds. The molecule has 0 fully saturated rings. The normalized spacial score (nSPS) is 14.0. The summed E-state index contributed by atoms with van der Waals surface area (Å²) < 4.78 is 11.2. The molecule has 0 aliphatic rings. The van der Waals surface area contributed by atoms with Crippen molar-refractivity contribution < 1.29 is 9.00 Å². The van der Waals surface area contributed by atoms with Crippen LogP contribution in [0.4, 0.5) is 0 Å². The molecule has 9 heteroatoms. The molecule has 3 N–H and O–H groups in total. The van der Waals surface area contributed by atoms with E-state index in [1.807, 2.05) is 0 Å². The third-order valence-electron chi connectivity index (χ3n) is 2.52. The SMILES string of the molecule is Cc1[nH]c(=O)[nH]c(=O)c1/C=C/C(=O)N[C@@H](C)CS(=O)CCl. The van der Waals surface area contributed by atoms with Crippen LogP contribution in [0.15, 0.2) is 15.7 Å². The summed E-state index contributed by atoms with van der Waals surface area (Å²) in [6, 6.07) is -0.309. The van der Waals surface area contributed by atoms with Gasteiger partial charge in [0.2, 0.25) is 5.91 Å². The van der Waals surface area contributed by atoms with Crippen molar-refractivity contribution in [2.75, 3.05) is 11.0 Å². The highest BCUT2D eigenvalue weighted by Crippen LogP contribution is 1.98. The number of hydrogen-bond donors (Lipinski definition) is 3. The van der Waals surface area contributed by atoms with Crippen molar-refractivity contribution in [3.8, 4) is 0 Å². The molecule has 116 valence electrons. The number of nitrogens with one attached hydrogen (secondary N) is 3. The van der Waals surface area contributed by atoms with E-state index in [1.165, 1.54) is 12.2 Å². The molecule has 0 aromatic carbocycles. The average Bonchev–Trinajstić information content (AvgIpc) is 2.36. The third-order valence-corrected chi connectivity index (χ3v) is 4.37. The number of amides is 1. The molecule has 0 spiro atoms. The molecule has 1 rings (SSSR count). The van der Waals surface area contributed by atoms with Crippen LogP contribution >= 0.6 is 11.6 Å². The van der Waals surface area contributed by atoms with Gasteiger partial charge >= 0.3 is 5.69 Å². The Kier molecular flexibility index (Phi) is 6.57. The highest BCUT2D eigenvalue weighted by atomic mass is 35.5. The number of carbonyl (C=O) groups is 1. The molecule has 0 saturated heterocycles. The van der Waals surface area contributed by atoms with Crippen molar-refractivity contribution in [1.29, 1.82) is 0 Å². The molecule has 7 nitrogen and oxygen atoms in total. The molecule has 1 aromatic heterocycles. The number of H-pyrrole nitrogens is 2. The number of aryl methyl sites for hydroxylation is 1. The van der Waals surface area contributed by atoms with E-state index in [2.05, 4.69) is 15.3 Å². The van der Waals surface area contributed by atoms with Gasteiger partial charge in [0.05, 0.1) is 10.8 Å². The monoisotopic (exact) mass is 333 g/mol. The topological polar surface area (TPSA) is 112 Å². The van der Waals surface area contributed by atoms with Crippen molar-refractivity contribution in [3.05, 3.63) is 38.2 Å². The fraction of sp³-hybridized carbons (Fsp3) is 0.417. The minimum absolute atomic E-state index is 0.0159. The van der Waals surface area contributed by atoms with Crippen LogP contribution in [0.25, 0.3) is 6.08 Å². The van der Waals surface area contributed by atoms with Gasteiger partial charge < -0.3 is 10.3 Å². The van der Waals surface area contributed by atoms with Gasteiger partial charge in [0.15, 0.2) is 0 Å². The number of rotatable bonds is 6. The van der Waals surface area contributed by atoms with Gasteiger partial charge in [-0.2, -0.15) is 0 Å². The van der Waals surface area contributed by atoms with Crippen LogP contribution in [0.2, 0.25) is 0 Å². The summed E-state index contributed by atoms with van der Waals surface area (Å²) in [4.78, 5) is 38.8. The van der Waals surface area contributed by atoms with Crippen molar-refractivity contribution in [2.24, 2.45) is 0 Å². The smallest absolute Gasteiger partial charge is 0.325 e. The first kappa shape index (κ1) is 17.4. The Balaban J connectivity index is 2.73. The molecular weight excluding hydrogens is 318 g/mol. The fourth-order valence-electron chi connectivity index (χ4n) is 1.63. The summed E-state index contributed by atoms with van der Waals surface area (Å²) in [5.41, 5.74) is -0.612. The predicted octanol–water partition coefficient (Wildman–Crippen LogP) is -0.165. The van der Waals surface area contributed by atoms with Crippen LogP contribution in [0.3, 0.4) is 0 Å². The molecule has 0 aliphatic heterocycles. The maximum Gasteiger partial charge on any atom is 0.325 e. The highest BCUT2D eigenvalue weighted by molar-refractivity contribution is 7.86. The van der Waals surface area contributed by atoms with Crippen molar-refractivity contribution in [3.63, 3.8) is 0 Å². The minimum Gasteiger partial charge on any atom is -0.349 e. The first-order valence-electron chi connectivity index (χ1n) is 6.06. The van der Waals surface area contributed by atoms with Gasteiger partial charge in [-0.15, -0.1) is 11.6 Å². The molecule has 1 aromatic rings. The Labute approximate surface area is 128 Å². The van der Waals surface area contributed by atoms with Gasteiger partial charge in [-0.3, -0.25) is 18.8 Å². The van der Waals surface area contributed by atoms with Crippen molar-refractivity contribution in [2.45, 2.75) is 19.9 Å². The summed E-state index contributed by atoms with van der Waals surface area (Å²) >= 11 is 5.43. The number of aromatic nitrogens is 2. The molecule has 2 atom stereocenters. The lowest BCUT2D eigenvalue weighted by Crippen LogP contribution is -2.35. The summed E-state index contributed by atoms with van der Waals surface area (Å²) in [6.45, 7) is 3.26. The lowest BCUT2D eigenvalue weighted by molar-refractivity contribution is -0.116. The second-order valence-electron chi connectivity index (χ2n) is 4.41. The van der Waals surface area contributed by atoms with Crippen LogP contribution in [-0.4, -0.2) is 37.1 Å². The van der Waals surface area contributed by atoms with Crippen molar-refractivity contribution in [1.82, 2.24) is 15.3 Å². The van der Waals surface area contributed by atoms with E-state index in [9.17, 15) is 18.6 Å². The van der Waals surface area contributed by atoms with Gasteiger partial charge in [0.25, 0.3) is 5.56 Å². The lowest BCUT2D eigenvalue weighted by atomic mass is 10.2. The van der Waals surface area contributed by atoms with E-state index in [4.69, 9.17) is 11.6 Å². The van der Waals surface area contributed by atoms with Crippen LogP contribution in [-0.2, 0) is 15.6 Å². The quantitative estimate of drug-likeness (QED) is 0.496.